The van der Waals surface area contributed by atoms with Crippen LogP contribution in [0.4, 0.5) is 0 Å². The van der Waals surface area contributed by atoms with E-state index < -0.39 is 27.9 Å². The van der Waals surface area contributed by atoms with E-state index in [9.17, 15) is 22.8 Å². The number of nitrogens with zero attached hydrogens (tertiary/aromatic N) is 2. The lowest BCUT2D eigenvalue weighted by atomic mass is 10.1. The molecular formula is C26H29Cl2N3O5S. The van der Waals surface area contributed by atoms with E-state index in [4.69, 9.17) is 23.2 Å². The van der Waals surface area contributed by atoms with Crippen LogP contribution in [0.25, 0.3) is 0 Å². The van der Waals surface area contributed by atoms with Gasteiger partial charge in [0.05, 0.1) is 5.56 Å². The number of nitrogens with one attached hydrogen (secondary N) is 1. The number of benzene rings is 2. The van der Waals surface area contributed by atoms with Crippen molar-refractivity contribution in [1.29, 1.82) is 0 Å². The third kappa shape index (κ3) is 5.63. The average molecular weight is 567 g/mol. The topological polar surface area (TPSA) is 104 Å². The summed E-state index contributed by atoms with van der Waals surface area (Å²) >= 11 is 12.8. The van der Waals surface area contributed by atoms with Gasteiger partial charge in [-0.1, -0.05) is 61.2 Å². The van der Waals surface area contributed by atoms with Crippen LogP contribution >= 0.6 is 23.2 Å². The molecule has 1 fully saturated rings. The van der Waals surface area contributed by atoms with Gasteiger partial charge in [0.1, 0.15) is 10.9 Å². The standard InChI is InChI=1S/C26H29Cl2N3O5S/c1-2-22(25(33)29-17-8-3-4-9-17)30(16-19-20(27)11-7-12-21(19)28)24(32)14-15-31-26(34)18-10-5-6-13-23(18)37(31,35)36/h5-7,10-13,17,22H,2-4,8-9,14-16H2,1H3,(H,29,33)/t22-/m0/s1. The molecule has 1 N–H and O–H groups in total. The van der Waals surface area contributed by atoms with Crippen LogP contribution < -0.4 is 5.32 Å². The molecule has 2 aromatic rings. The molecule has 198 valence electrons. The van der Waals surface area contributed by atoms with Gasteiger partial charge in [0.15, 0.2) is 0 Å². The summed E-state index contributed by atoms with van der Waals surface area (Å²) in [4.78, 5) is 41.0. The molecule has 2 aromatic carbocycles. The third-order valence-corrected chi connectivity index (χ3v) is 9.47. The highest BCUT2D eigenvalue weighted by Crippen LogP contribution is 2.31. The fraction of sp³-hybridized carbons (Fsp3) is 0.423. The molecule has 0 radical (unpaired) electrons. The molecule has 37 heavy (non-hydrogen) atoms. The number of carbonyl (C=O) groups excluding carboxylic acids is 3. The van der Waals surface area contributed by atoms with Crippen LogP contribution in [0.2, 0.25) is 10.0 Å². The fourth-order valence-electron chi connectivity index (χ4n) is 4.93. The molecule has 1 saturated carbocycles. The van der Waals surface area contributed by atoms with Crippen LogP contribution in [0, 0.1) is 0 Å². The van der Waals surface area contributed by atoms with Crippen molar-refractivity contribution in [2.75, 3.05) is 6.54 Å². The third-order valence-electron chi connectivity index (χ3n) is 6.92. The highest BCUT2D eigenvalue weighted by atomic mass is 35.5. The number of halogens is 2. The average Bonchev–Trinajstić information content (AvgIpc) is 3.44. The molecule has 3 amide bonds. The van der Waals surface area contributed by atoms with Crippen molar-refractivity contribution in [1.82, 2.24) is 14.5 Å². The summed E-state index contributed by atoms with van der Waals surface area (Å²) in [5, 5.41) is 3.75. The molecule has 1 aliphatic heterocycles. The number of fused-ring (bicyclic) bond motifs is 1. The van der Waals surface area contributed by atoms with Crippen LogP contribution in [-0.2, 0) is 26.2 Å². The summed E-state index contributed by atoms with van der Waals surface area (Å²) in [6.07, 6.45) is 3.90. The van der Waals surface area contributed by atoms with Gasteiger partial charge < -0.3 is 10.2 Å². The zero-order valence-corrected chi connectivity index (χ0v) is 22.8. The van der Waals surface area contributed by atoms with E-state index in [2.05, 4.69) is 5.32 Å². The van der Waals surface area contributed by atoms with Crippen molar-refractivity contribution in [2.45, 2.75) is 69.0 Å². The first-order chi connectivity index (χ1) is 17.6. The summed E-state index contributed by atoms with van der Waals surface area (Å²) in [6.45, 7) is 1.43. The first kappa shape index (κ1) is 27.4. The number of carbonyl (C=O) groups is 3. The molecule has 11 heteroatoms. The Morgan fingerprint density at radius 3 is 2.35 bits per heavy atom. The maximum Gasteiger partial charge on any atom is 0.269 e. The number of hydrogen-bond acceptors (Lipinski definition) is 5. The van der Waals surface area contributed by atoms with Gasteiger partial charge in [-0.3, -0.25) is 14.4 Å². The zero-order chi connectivity index (χ0) is 26.7. The molecule has 1 heterocycles. The van der Waals surface area contributed by atoms with Crippen molar-refractivity contribution in [2.24, 2.45) is 0 Å². The predicted octanol–water partition coefficient (Wildman–Crippen LogP) is 4.39. The van der Waals surface area contributed by atoms with Gasteiger partial charge in [-0.2, -0.15) is 0 Å². The maximum atomic E-state index is 13.6. The van der Waals surface area contributed by atoms with Crippen LogP contribution in [0.1, 0.15) is 61.4 Å². The Morgan fingerprint density at radius 2 is 1.73 bits per heavy atom. The Balaban J connectivity index is 1.57. The minimum atomic E-state index is -4.06. The lowest BCUT2D eigenvalue weighted by molar-refractivity contribution is -0.141. The first-order valence-corrected chi connectivity index (χ1v) is 14.5. The lowest BCUT2D eigenvalue weighted by Gasteiger charge is -2.32. The van der Waals surface area contributed by atoms with Crippen molar-refractivity contribution >= 4 is 50.9 Å². The minimum Gasteiger partial charge on any atom is -0.352 e. The Hall–Kier alpha value is -2.62. The first-order valence-electron chi connectivity index (χ1n) is 12.3. The molecule has 8 nitrogen and oxygen atoms in total. The summed E-state index contributed by atoms with van der Waals surface area (Å²) in [6, 6.07) is 10.2. The number of sulfonamides is 1. The Labute approximate surface area is 227 Å². The van der Waals surface area contributed by atoms with E-state index in [1.807, 2.05) is 0 Å². The smallest absolute Gasteiger partial charge is 0.269 e. The van der Waals surface area contributed by atoms with Crippen LogP contribution in [0.5, 0.6) is 0 Å². The normalized spacial score (nSPS) is 17.5. The second-order valence-corrected chi connectivity index (χ2v) is 11.9. The van der Waals surface area contributed by atoms with E-state index in [1.54, 1.807) is 37.3 Å². The molecule has 0 bridgehead atoms. The molecular weight excluding hydrogens is 537 g/mol. The van der Waals surface area contributed by atoms with E-state index >= 15 is 0 Å². The van der Waals surface area contributed by atoms with E-state index in [1.165, 1.54) is 17.0 Å². The predicted molar refractivity (Wildman–Crippen MR) is 141 cm³/mol. The fourth-order valence-corrected chi connectivity index (χ4v) is 7.02. The number of hydrogen-bond donors (Lipinski definition) is 1. The second kappa shape index (κ2) is 11.4. The number of amides is 3. The minimum absolute atomic E-state index is 0.0329. The Bertz CT molecular complexity index is 1290. The largest absolute Gasteiger partial charge is 0.352 e. The molecule has 2 aliphatic rings. The van der Waals surface area contributed by atoms with Gasteiger partial charge in [0.2, 0.25) is 11.8 Å². The van der Waals surface area contributed by atoms with Crippen LogP contribution in [0.15, 0.2) is 47.4 Å². The summed E-state index contributed by atoms with van der Waals surface area (Å²) in [5.74, 6) is -1.43. The lowest BCUT2D eigenvalue weighted by Crippen LogP contribution is -2.51. The zero-order valence-electron chi connectivity index (χ0n) is 20.5. The van der Waals surface area contributed by atoms with Gasteiger partial charge in [-0.05, 0) is 43.5 Å². The quantitative estimate of drug-likeness (QED) is 0.485. The van der Waals surface area contributed by atoms with Crippen molar-refractivity contribution in [3.63, 3.8) is 0 Å². The molecule has 0 spiro atoms. The van der Waals surface area contributed by atoms with Crippen molar-refractivity contribution < 1.29 is 22.8 Å². The molecule has 4 rings (SSSR count). The van der Waals surface area contributed by atoms with E-state index in [0.717, 1.165) is 30.0 Å². The van der Waals surface area contributed by atoms with Gasteiger partial charge >= 0.3 is 0 Å². The number of rotatable bonds is 9. The Kier molecular flexibility index (Phi) is 8.46. The van der Waals surface area contributed by atoms with Crippen molar-refractivity contribution in [3.8, 4) is 0 Å². The molecule has 1 atom stereocenters. The monoisotopic (exact) mass is 565 g/mol. The SMILES string of the molecule is CC[C@@H](C(=O)NC1CCCC1)N(Cc1c(Cl)cccc1Cl)C(=O)CCN1C(=O)c2ccccc2S1(=O)=O. The van der Waals surface area contributed by atoms with Crippen LogP contribution in [0.3, 0.4) is 0 Å². The van der Waals surface area contributed by atoms with Gasteiger partial charge in [0, 0.05) is 41.2 Å². The van der Waals surface area contributed by atoms with E-state index in [0.29, 0.717) is 22.0 Å². The Morgan fingerprint density at radius 1 is 1.08 bits per heavy atom. The van der Waals surface area contributed by atoms with Gasteiger partial charge in [-0.15, -0.1) is 0 Å². The van der Waals surface area contributed by atoms with Crippen molar-refractivity contribution in [3.05, 3.63) is 63.6 Å². The molecule has 1 aliphatic carbocycles. The molecule has 0 unspecified atom stereocenters. The second-order valence-electron chi connectivity index (χ2n) is 9.26. The highest BCUT2D eigenvalue weighted by Gasteiger charge is 2.41. The molecule has 0 aromatic heterocycles. The van der Waals surface area contributed by atoms with Gasteiger partial charge in [0.25, 0.3) is 15.9 Å². The summed E-state index contributed by atoms with van der Waals surface area (Å²) in [7, 11) is -4.06. The van der Waals surface area contributed by atoms with Crippen LogP contribution in [-0.4, -0.2) is 54.0 Å². The highest BCUT2D eigenvalue weighted by molar-refractivity contribution is 7.90. The summed E-state index contributed by atoms with van der Waals surface area (Å²) < 4.78 is 26.6. The van der Waals surface area contributed by atoms with Gasteiger partial charge in [-0.25, -0.2) is 12.7 Å². The summed E-state index contributed by atoms with van der Waals surface area (Å²) in [5.41, 5.74) is 0.570. The maximum absolute atomic E-state index is 13.6. The van der Waals surface area contributed by atoms with E-state index in [-0.39, 0.29) is 41.9 Å². The molecule has 0 saturated heterocycles.